The first-order valence-corrected chi connectivity index (χ1v) is 10.6. The lowest BCUT2D eigenvalue weighted by Gasteiger charge is -2.26. The van der Waals surface area contributed by atoms with E-state index in [0.29, 0.717) is 37.2 Å². The SMILES string of the molecule is C=C(Cc1ccc(C(C)(C)c2ccc(CC(=C)C(=O)OCC)cc2)cc1)C(=O)OCC. The monoisotopic (exact) mass is 420 g/mol. The van der Waals surface area contributed by atoms with E-state index in [0.717, 1.165) is 11.1 Å². The van der Waals surface area contributed by atoms with Gasteiger partial charge in [-0.05, 0) is 36.1 Å². The van der Waals surface area contributed by atoms with Crippen LogP contribution in [0.5, 0.6) is 0 Å². The van der Waals surface area contributed by atoms with Gasteiger partial charge < -0.3 is 9.47 Å². The Labute approximate surface area is 185 Å². The second-order valence-corrected chi connectivity index (χ2v) is 8.02. The molecular formula is C27H32O4. The summed E-state index contributed by atoms with van der Waals surface area (Å²) in [7, 11) is 0. The highest BCUT2D eigenvalue weighted by Crippen LogP contribution is 2.32. The molecule has 0 radical (unpaired) electrons. The highest BCUT2D eigenvalue weighted by atomic mass is 16.5. The molecule has 0 aliphatic heterocycles. The molecule has 0 unspecified atom stereocenters. The van der Waals surface area contributed by atoms with Gasteiger partial charge in [0, 0.05) is 29.4 Å². The zero-order valence-electron chi connectivity index (χ0n) is 19.0. The summed E-state index contributed by atoms with van der Waals surface area (Å²) in [6.45, 7) is 16.3. The van der Waals surface area contributed by atoms with Gasteiger partial charge in [0.25, 0.3) is 0 Å². The lowest BCUT2D eigenvalue weighted by Crippen LogP contribution is -2.19. The number of esters is 2. The van der Waals surface area contributed by atoms with E-state index in [4.69, 9.17) is 9.47 Å². The molecular weight excluding hydrogens is 388 g/mol. The van der Waals surface area contributed by atoms with E-state index >= 15 is 0 Å². The number of carbonyl (C=O) groups excluding carboxylic acids is 2. The third-order valence-corrected chi connectivity index (χ3v) is 5.31. The molecule has 0 fully saturated rings. The topological polar surface area (TPSA) is 52.6 Å². The summed E-state index contributed by atoms with van der Waals surface area (Å²) in [5, 5.41) is 0. The van der Waals surface area contributed by atoms with Gasteiger partial charge in [-0.3, -0.25) is 0 Å². The van der Waals surface area contributed by atoms with E-state index in [1.165, 1.54) is 11.1 Å². The van der Waals surface area contributed by atoms with Crippen LogP contribution in [-0.4, -0.2) is 25.2 Å². The number of benzene rings is 2. The Morgan fingerprint density at radius 2 is 1.03 bits per heavy atom. The standard InChI is InChI=1S/C27H32O4/c1-7-30-25(28)19(3)17-21-9-13-23(14-10-21)27(5,6)24-15-11-22(12-16-24)18-20(4)26(29)31-8-2/h9-16H,3-4,7-8,17-18H2,1-2,5-6H3. The van der Waals surface area contributed by atoms with Crippen molar-refractivity contribution in [3.05, 3.63) is 95.1 Å². The van der Waals surface area contributed by atoms with Gasteiger partial charge in [0.15, 0.2) is 0 Å². The van der Waals surface area contributed by atoms with E-state index in [-0.39, 0.29) is 17.4 Å². The zero-order valence-corrected chi connectivity index (χ0v) is 19.0. The molecule has 2 rings (SSSR count). The largest absolute Gasteiger partial charge is 0.463 e. The summed E-state index contributed by atoms with van der Waals surface area (Å²) in [6.07, 6.45) is 0.942. The van der Waals surface area contributed by atoms with Gasteiger partial charge in [-0.2, -0.15) is 0 Å². The average molecular weight is 421 g/mol. The van der Waals surface area contributed by atoms with Gasteiger partial charge in [0.05, 0.1) is 13.2 Å². The van der Waals surface area contributed by atoms with Gasteiger partial charge in [-0.25, -0.2) is 9.59 Å². The van der Waals surface area contributed by atoms with Gasteiger partial charge in [0.2, 0.25) is 0 Å². The second-order valence-electron chi connectivity index (χ2n) is 8.02. The van der Waals surface area contributed by atoms with Crippen LogP contribution in [0, 0.1) is 0 Å². The maximum atomic E-state index is 11.8. The number of carbonyl (C=O) groups is 2. The lowest BCUT2D eigenvalue weighted by molar-refractivity contribution is -0.139. The molecule has 2 aromatic carbocycles. The van der Waals surface area contributed by atoms with Crippen LogP contribution in [0.2, 0.25) is 0 Å². The smallest absolute Gasteiger partial charge is 0.333 e. The fraction of sp³-hybridized carbons (Fsp3) is 0.333. The Kier molecular flexibility index (Phi) is 8.38. The summed E-state index contributed by atoms with van der Waals surface area (Å²) < 4.78 is 10.0. The first-order chi connectivity index (χ1) is 14.7. The van der Waals surface area contributed by atoms with Crippen molar-refractivity contribution in [2.75, 3.05) is 13.2 Å². The van der Waals surface area contributed by atoms with Crippen LogP contribution < -0.4 is 0 Å². The minimum absolute atomic E-state index is 0.201. The summed E-state index contributed by atoms with van der Waals surface area (Å²) in [4.78, 5) is 23.5. The Hall–Kier alpha value is -3.14. The summed E-state index contributed by atoms with van der Waals surface area (Å²) in [6, 6.07) is 16.5. The average Bonchev–Trinajstić information content (AvgIpc) is 2.74. The predicted molar refractivity (Wildman–Crippen MR) is 124 cm³/mol. The molecule has 4 nitrogen and oxygen atoms in total. The van der Waals surface area contributed by atoms with Gasteiger partial charge in [-0.1, -0.05) is 75.5 Å². The Balaban J connectivity index is 2.09. The fourth-order valence-electron chi connectivity index (χ4n) is 3.35. The highest BCUT2D eigenvalue weighted by molar-refractivity contribution is 5.88. The van der Waals surface area contributed by atoms with Crippen molar-refractivity contribution in [3.8, 4) is 0 Å². The minimum Gasteiger partial charge on any atom is -0.463 e. The van der Waals surface area contributed by atoms with E-state index in [9.17, 15) is 9.59 Å². The lowest BCUT2D eigenvalue weighted by atomic mass is 9.77. The summed E-state index contributed by atoms with van der Waals surface area (Å²) in [5.74, 6) is -0.699. The minimum atomic E-state index is -0.349. The predicted octanol–water partition coefficient (Wildman–Crippen LogP) is 5.34. The molecule has 0 heterocycles. The molecule has 0 bridgehead atoms. The number of ether oxygens (including phenoxy) is 2. The van der Waals surface area contributed by atoms with Crippen molar-refractivity contribution in [1.29, 1.82) is 0 Å². The third-order valence-electron chi connectivity index (χ3n) is 5.31. The first kappa shape index (κ1) is 24.1. The van der Waals surface area contributed by atoms with Gasteiger partial charge in [-0.15, -0.1) is 0 Å². The third kappa shape index (κ3) is 6.42. The molecule has 0 saturated heterocycles. The van der Waals surface area contributed by atoms with Crippen LogP contribution in [0.3, 0.4) is 0 Å². The summed E-state index contributed by atoms with van der Waals surface area (Å²) >= 11 is 0. The molecule has 164 valence electrons. The maximum Gasteiger partial charge on any atom is 0.333 e. The number of rotatable bonds is 10. The maximum absolute atomic E-state index is 11.8. The number of hydrogen-bond acceptors (Lipinski definition) is 4. The Bertz CT molecular complexity index is 857. The van der Waals surface area contributed by atoms with Gasteiger partial charge >= 0.3 is 11.9 Å². The quantitative estimate of drug-likeness (QED) is 0.385. The van der Waals surface area contributed by atoms with Crippen molar-refractivity contribution in [1.82, 2.24) is 0 Å². The van der Waals surface area contributed by atoms with Gasteiger partial charge in [0.1, 0.15) is 0 Å². The van der Waals surface area contributed by atoms with Crippen LogP contribution >= 0.6 is 0 Å². The number of hydrogen-bond donors (Lipinski definition) is 0. The van der Waals surface area contributed by atoms with Crippen molar-refractivity contribution in [2.24, 2.45) is 0 Å². The van der Waals surface area contributed by atoms with Crippen LogP contribution in [0.25, 0.3) is 0 Å². The van der Waals surface area contributed by atoms with Crippen molar-refractivity contribution < 1.29 is 19.1 Å². The molecule has 0 aliphatic carbocycles. The van der Waals surface area contributed by atoms with E-state index < -0.39 is 0 Å². The zero-order chi connectivity index (χ0) is 23.0. The van der Waals surface area contributed by atoms with E-state index in [1.807, 2.05) is 24.3 Å². The van der Waals surface area contributed by atoms with Crippen LogP contribution in [0.4, 0.5) is 0 Å². The molecule has 0 amide bonds. The molecule has 0 N–H and O–H groups in total. The Morgan fingerprint density at radius 3 is 1.32 bits per heavy atom. The second kappa shape index (κ2) is 10.8. The molecule has 0 atom stereocenters. The van der Waals surface area contributed by atoms with Crippen LogP contribution in [0.15, 0.2) is 72.8 Å². The van der Waals surface area contributed by atoms with Crippen LogP contribution in [0.1, 0.15) is 49.9 Å². The molecule has 2 aromatic rings. The molecule has 0 aliphatic rings. The van der Waals surface area contributed by atoms with Crippen molar-refractivity contribution in [3.63, 3.8) is 0 Å². The molecule has 31 heavy (non-hydrogen) atoms. The molecule has 4 heteroatoms. The first-order valence-electron chi connectivity index (χ1n) is 10.6. The van der Waals surface area contributed by atoms with Crippen molar-refractivity contribution >= 4 is 11.9 Å². The fourth-order valence-corrected chi connectivity index (χ4v) is 3.35. The highest BCUT2D eigenvalue weighted by Gasteiger charge is 2.23. The van der Waals surface area contributed by atoms with E-state index in [1.54, 1.807) is 13.8 Å². The molecule has 0 aromatic heterocycles. The van der Waals surface area contributed by atoms with Crippen molar-refractivity contribution in [2.45, 2.75) is 46.0 Å². The van der Waals surface area contributed by atoms with Crippen LogP contribution in [-0.2, 0) is 37.3 Å². The molecule has 0 spiro atoms. The Morgan fingerprint density at radius 1 is 0.710 bits per heavy atom. The summed E-state index contributed by atoms with van der Waals surface area (Å²) in [5.41, 5.74) is 5.08. The van der Waals surface area contributed by atoms with E-state index in [2.05, 4.69) is 51.3 Å². The normalized spacial score (nSPS) is 11.0. The molecule has 0 saturated carbocycles.